The molecule has 1 aromatic rings. The fraction of sp³-hybridized carbons (Fsp3) is 0.556. The van der Waals surface area contributed by atoms with E-state index in [1.54, 1.807) is 14.2 Å². The summed E-state index contributed by atoms with van der Waals surface area (Å²) >= 11 is 0. The van der Waals surface area contributed by atoms with Crippen LogP contribution in [0.2, 0.25) is 0 Å². The quantitative estimate of drug-likeness (QED) is 0.918. The van der Waals surface area contributed by atoms with Gasteiger partial charge in [0.1, 0.15) is 5.75 Å². The molecule has 6 nitrogen and oxygen atoms in total. The highest BCUT2D eigenvalue weighted by atomic mass is 16.5. The summed E-state index contributed by atoms with van der Waals surface area (Å²) in [6.45, 7) is 3.94. The third-order valence-electron chi connectivity index (χ3n) is 5.32. The minimum atomic E-state index is -0.425. The number of benzene rings is 1. The minimum Gasteiger partial charge on any atom is -0.497 e. The fourth-order valence-corrected chi connectivity index (χ4v) is 3.69. The van der Waals surface area contributed by atoms with Gasteiger partial charge in [0.25, 0.3) is 0 Å². The molecule has 3 rings (SSSR count). The van der Waals surface area contributed by atoms with E-state index in [0.717, 1.165) is 37.4 Å². The van der Waals surface area contributed by atoms with Crippen molar-refractivity contribution in [3.63, 3.8) is 0 Å². The predicted molar refractivity (Wildman–Crippen MR) is 95.3 cm³/mol. The van der Waals surface area contributed by atoms with Crippen LogP contribution in [-0.2, 0) is 4.79 Å². The lowest BCUT2D eigenvalue weighted by atomic mass is 9.77. The molecule has 1 unspecified atom stereocenters. The van der Waals surface area contributed by atoms with Gasteiger partial charge in [0.2, 0.25) is 5.91 Å². The minimum absolute atomic E-state index is 0.0449. The van der Waals surface area contributed by atoms with Crippen LogP contribution in [0.15, 0.2) is 29.3 Å². The molecule has 2 N–H and O–H groups in total. The molecule has 0 spiro atoms. The van der Waals surface area contributed by atoms with Gasteiger partial charge in [-0.2, -0.15) is 0 Å². The Balaban J connectivity index is 1.81. The van der Waals surface area contributed by atoms with Gasteiger partial charge in [0, 0.05) is 37.8 Å². The van der Waals surface area contributed by atoms with Crippen LogP contribution in [0.4, 0.5) is 5.69 Å². The Bertz CT molecular complexity index is 660. The lowest BCUT2D eigenvalue weighted by Crippen LogP contribution is -2.54. The number of ether oxygens (including phenoxy) is 1. The van der Waals surface area contributed by atoms with Crippen molar-refractivity contribution in [3.8, 4) is 5.75 Å². The molecule has 0 bridgehead atoms. The van der Waals surface area contributed by atoms with E-state index in [0.29, 0.717) is 18.3 Å². The average Bonchev–Trinajstić information content (AvgIpc) is 2.60. The van der Waals surface area contributed by atoms with Crippen molar-refractivity contribution < 1.29 is 9.53 Å². The fourth-order valence-electron chi connectivity index (χ4n) is 3.69. The standard InChI is InChI=1S/C18H26N4O2/c1-18(11-16(23)21(2)17(19)20-18)13-6-5-9-22(12-13)14-7-4-8-15(10-14)24-3/h4,7-8,10,13H,5-6,9,11-12H2,1-3H3,(H2,19,20)/t13?,18-/m0/s1. The SMILES string of the molecule is COc1cccc(N2CCCC([C@]3(C)CC(=O)N(C)C(N)=N3)C2)c1. The van der Waals surface area contributed by atoms with Gasteiger partial charge in [-0.1, -0.05) is 6.07 Å². The molecule has 6 heteroatoms. The molecule has 1 amide bonds. The monoisotopic (exact) mass is 330 g/mol. The molecule has 2 heterocycles. The molecule has 0 radical (unpaired) electrons. The van der Waals surface area contributed by atoms with Gasteiger partial charge in [0.05, 0.1) is 19.1 Å². The number of rotatable bonds is 3. The number of hydrogen-bond donors (Lipinski definition) is 1. The Labute approximate surface area is 143 Å². The van der Waals surface area contributed by atoms with E-state index in [2.05, 4.69) is 28.9 Å². The van der Waals surface area contributed by atoms with E-state index in [-0.39, 0.29) is 5.91 Å². The lowest BCUT2D eigenvalue weighted by Gasteiger charge is -2.44. The van der Waals surface area contributed by atoms with E-state index < -0.39 is 5.54 Å². The summed E-state index contributed by atoms with van der Waals surface area (Å²) in [5.41, 5.74) is 6.69. The second-order valence-corrected chi connectivity index (χ2v) is 6.94. The Hall–Kier alpha value is -2.24. The van der Waals surface area contributed by atoms with Crippen molar-refractivity contribution in [2.24, 2.45) is 16.6 Å². The third kappa shape index (κ3) is 3.05. The van der Waals surface area contributed by atoms with Crippen LogP contribution in [0.3, 0.4) is 0 Å². The number of carbonyl (C=O) groups excluding carboxylic acids is 1. The van der Waals surface area contributed by atoms with Crippen molar-refractivity contribution in [2.75, 3.05) is 32.1 Å². The summed E-state index contributed by atoms with van der Waals surface area (Å²) in [4.78, 5) is 20.7. The molecule has 0 aromatic heterocycles. The normalized spacial score (nSPS) is 27.9. The number of piperidine rings is 1. The summed E-state index contributed by atoms with van der Waals surface area (Å²) in [5.74, 6) is 1.53. The second-order valence-electron chi connectivity index (χ2n) is 6.94. The first kappa shape index (κ1) is 16.6. The van der Waals surface area contributed by atoms with Crippen molar-refractivity contribution in [3.05, 3.63) is 24.3 Å². The Morgan fingerprint density at radius 1 is 1.42 bits per heavy atom. The first-order chi connectivity index (χ1) is 11.4. The summed E-state index contributed by atoms with van der Waals surface area (Å²) in [7, 11) is 3.37. The van der Waals surface area contributed by atoms with Crippen LogP contribution in [-0.4, -0.2) is 49.6 Å². The summed E-state index contributed by atoms with van der Waals surface area (Å²) < 4.78 is 5.33. The largest absolute Gasteiger partial charge is 0.497 e. The van der Waals surface area contributed by atoms with E-state index >= 15 is 0 Å². The van der Waals surface area contributed by atoms with Crippen LogP contribution in [0, 0.1) is 5.92 Å². The number of anilines is 1. The number of nitrogens with zero attached hydrogens (tertiary/aromatic N) is 3. The lowest BCUT2D eigenvalue weighted by molar-refractivity contribution is -0.129. The smallest absolute Gasteiger partial charge is 0.231 e. The molecular formula is C18H26N4O2. The summed E-state index contributed by atoms with van der Waals surface area (Å²) in [6.07, 6.45) is 2.56. The second kappa shape index (κ2) is 6.34. The molecule has 2 aliphatic rings. The highest BCUT2D eigenvalue weighted by Gasteiger charge is 2.42. The number of guanidine groups is 1. The van der Waals surface area contributed by atoms with Crippen LogP contribution >= 0.6 is 0 Å². The highest BCUT2D eigenvalue weighted by Crippen LogP contribution is 2.37. The maximum Gasteiger partial charge on any atom is 0.231 e. The number of carbonyl (C=O) groups is 1. The number of amides is 1. The van der Waals surface area contributed by atoms with E-state index in [4.69, 9.17) is 10.5 Å². The number of hydrogen-bond acceptors (Lipinski definition) is 5. The van der Waals surface area contributed by atoms with Crippen molar-refractivity contribution in [1.82, 2.24) is 4.90 Å². The topological polar surface area (TPSA) is 71.2 Å². The van der Waals surface area contributed by atoms with Crippen LogP contribution < -0.4 is 15.4 Å². The first-order valence-corrected chi connectivity index (χ1v) is 8.44. The number of aliphatic imine (C=N–C) groups is 1. The van der Waals surface area contributed by atoms with Gasteiger partial charge in [-0.05, 0) is 31.9 Å². The maximum atomic E-state index is 12.2. The van der Waals surface area contributed by atoms with Crippen molar-refractivity contribution in [1.29, 1.82) is 0 Å². The molecule has 24 heavy (non-hydrogen) atoms. The molecule has 0 aliphatic carbocycles. The molecule has 0 saturated carbocycles. The van der Waals surface area contributed by atoms with Gasteiger partial charge in [-0.25, -0.2) is 4.99 Å². The Morgan fingerprint density at radius 3 is 2.92 bits per heavy atom. The summed E-state index contributed by atoms with van der Waals surface area (Å²) in [5, 5.41) is 0. The van der Waals surface area contributed by atoms with Gasteiger partial charge in [-0.3, -0.25) is 9.69 Å². The van der Waals surface area contributed by atoms with E-state index in [9.17, 15) is 4.79 Å². The third-order valence-corrected chi connectivity index (χ3v) is 5.32. The van der Waals surface area contributed by atoms with Crippen molar-refractivity contribution in [2.45, 2.75) is 31.7 Å². The van der Waals surface area contributed by atoms with Gasteiger partial charge >= 0.3 is 0 Å². The molecule has 1 fully saturated rings. The van der Waals surface area contributed by atoms with Crippen LogP contribution in [0.25, 0.3) is 0 Å². The Kier molecular flexibility index (Phi) is 4.39. The van der Waals surface area contributed by atoms with E-state index in [1.165, 1.54) is 4.90 Å². The van der Waals surface area contributed by atoms with Crippen LogP contribution in [0.1, 0.15) is 26.2 Å². The molecule has 2 atom stereocenters. The molecule has 1 saturated heterocycles. The predicted octanol–water partition coefficient (Wildman–Crippen LogP) is 1.85. The van der Waals surface area contributed by atoms with Gasteiger partial charge in [0.15, 0.2) is 5.96 Å². The summed E-state index contributed by atoms with van der Waals surface area (Å²) in [6, 6.07) is 8.12. The highest BCUT2D eigenvalue weighted by molar-refractivity contribution is 5.98. The van der Waals surface area contributed by atoms with Crippen molar-refractivity contribution >= 4 is 17.6 Å². The molecular weight excluding hydrogens is 304 g/mol. The van der Waals surface area contributed by atoms with Gasteiger partial charge in [-0.15, -0.1) is 0 Å². The van der Waals surface area contributed by atoms with Crippen LogP contribution in [0.5, 0.6) is 5.75 Å². The van der Waals surface area contributed by atoms with Gasteiger partial charge < -0.3 is 15.4 Å². The average molecular weight is 330 g/mol. The zero-order valence-electron chi connectivity index (χ0n) is 14.7. The zero-order valence-corrected chi connectivity index (χ0v) is 14.7. The molecule has 1 aromatic carbocycles. The maximum absolute atomic E-state index is 12.2. The molecule has 2 aliphatic heterocycles. The molecule has 130 valence electrons. The number of nitrogens with two attached hydrogens (primary N) is 1. The van der Waals surface area contributed by atoms with E-state index in [1.807, 2.05) is 12.1 Å². The Morgan fingerprint density at radius 2 is 2.21 bits per heavy atom. The zero-order chi connectivity index (χ0) is 17.3. The first-order valence-electron chi connectivity index (χ1n) is 8.44. The number of methoxy groups -OCH3 is 1.